The molecule has 0 unspecified atom stereocenters. The van der Waals surface area contributed by atoms with Gasteiger partial charge in [0.1, 0.15) is 0 Å². The molecular formula is C29H46P2. The van der Waals surface area contributed by atoms with E-state index < -0.39 is 0 Å². The maximum atomic E-state index is 2.42. The van der Waals surface area contributed by atoms with E-state index in [4.69, 9.17) is 0 Å². The minimum Gasteiger partial charge on any atom is -0.0640 e. The van der Waals surface area contributed by atoms with Crippen LogP contribution in [0.4, 0.5) is 0 Å². The molecule has 31 heavy (non-hydrogen) atoms. The summed E-state index contributed by atoms with van der Waals surface area (Å²) in [5, 5.41) is 4.25. The third kappa shape index (κ3) is 6.65. The van der Waals surface area contributed by atoms with Crippen molar-refractivity contribution in [1.29, 1.82) is 0 Å². The largest absolute Gasteiger partial charge is 0.0640 e. The summed E-state index contributed by atoms with van der Waals surface area (Å²) in [6.45, 7) is 29.1. The third-order valence-corrected chi connectivity index (χ3v) is 12.7. The van der Waals surface area contributed by atoms with Gasteiger partial charge in [-0.1, -0.05) is 147 Å². The molecule has 0 saturated carbocycles. The van der Waals surface area contributed by atoms with Gasteiger partial charge in [-0.3, -0.25) is 0 Å². The smallest absolute Gasteiger partial charge is 0.00131 e. The molecule has 0 radical (unpaired) electrons. The fourth-order valence-electron chi connectivity index (χ4n) is 5.42. The number of benzene rings is 2. The van der Waals surface area contributed by atoms with Crippen molar-refractivity contribution < 1.29 is 0 Å². The van der Waals surface area contributed by atoms with Gasteiger partial charge in [-0.15, -0.1) is 0 Å². The summed E-state index contributed by atoms with van der Waals surface area (Å²) < 4.78 is 0. The van der Waals surface area contributed by atoms with Crippen molar-refractivity contribution >= 4 is 26.5 Å². The minimum absolute atomic E-state index is 0.270. The Morgan fingerprint density at radius 3 is 0.968 bits per heavy atom. The highest BCUT2D eigenvalue weighted by Crippen LogP contribution is 2.60. The monoisotopic (exact) mass is 456 g/mol. The summed E-state index contributed by atoms with van der Waals surface area (Å²) in [7, 11) is -0.639. The van der Waals surface area contributed by atoms with Gasteiger partial charge < -0.3 is 0 Å². The molecule has 0 aliphatic rings. The lowest BCUT2D eigenvalue weighted by Gasteiger charge is -2.43. The molecule has 0 bridgehead atoms. The Hall–Kier alpha value is -0.700. The van der Waals surface area contributed by atoms with Gasteiger partial charge in [-0.05, 0) is 48.8 Å². The lowest BCUT2D eigenvalue weighted by molar-refractivity contribution is 0.714. The molecule has 0 fully saturated rings. The van der Waals surface area contributed by atoms with E-state index in [2.05, 4.69) is 132 Å². The van der Waals surface area contributed by atoms with Crippen LogP contribution in [0.25, 0.3) is 0 Å². The molecule has 2 aromatic rings. The summed E-state index contributed by atoms with van der Waals surface area (Å²) in [5.41, 5.74) is 3.03. The Labute approximate surface area is 196 Å². The van der Waals surface area contributed by atoms with Crippen molar-refractivity contribution in [3.05, 3.63) is 59.7 Å². The lowest BCUT2D eigenvalue weighted by Crippen LogP contribution is -2.34. The topological polar surface area (TPSA) is 0 Å². The Morgan fingerprint density at radius 2 is 0.710 bits per heavy atom. The van der Waals surface area contributed by atoms with E-state index in [9.17, 15) is 0 Å². The number of rotatable bonds is 4. The van der Waals surface area contributed by atoms with Crippen LogP contribution >= 0.6 is 15.8 Å². The first-order valence-corrected chi connectivity index (χ1v) is 14.4. The molecular weight excluding hydrogens is 410 g/mol. The Bertz CT molecular complexity index is 766. The molecule has 172 valence electrons. The van der Waals surface area contributed by atoms with Crippen molar-refractivity contribution in [2.24, 2.45) is 0 Å². The van der Waals surface area contributed by atoms with E-state index >= 15 is 0 Å². The number of hydrogen-bond donors (Lipinski definition) is 0. The van der Waals surface area contributed by atoms with Gasteiger partial charge in [0.15, 0.2) is 0 Å². The van der Waals surface area contributed by atoms with Crippen molar-refractivity contribution in [2.75, 3.05) is 0 Å². The molecule has 0 spiro atoms. The molecule has 2 rings (SSSR count). The van der Waals surface area contributed by atoms with Crippen LogP contribution in [0.5, 0.6) is 0 Å². The fraction of sp³-hybridized carbons (Fsp3) is 0.586. The highest BCUT2D eigenvalue weighted by atomic mass is 31.1. The lowest BCUT2D eigenvalue weighted by atomic mass is 10.0. The molecule has 0 saturated heterocycles. The quantitative estimate of drug-likeness (QED) is 0.404. The highest BCUT2D eigenvalue weighted by Gasteiger charge is 2.38. The fourth-order valence-corrected chi connectivity index (χ4v) is 13.7. The number of hydrogen-bond acceptors (Lipinski definition) is 0. The van der Waals surface area contributed by atoms with Crippen LogP contribution in [0.2, 0.25) is 0 Å². The summed E-state index contributed by atoms with van der Waals surface area (Å²) in [4.78, 5) is 0. The van der Waals surface area contributed by atoms with Crippen LogP contribution in [0.15, 0.2) is 48.5 Å². The highest BCUT2D eigenvalue weighted by molar-refractivity contribution is 7.69. The summed E-state index contributed by atoms with van der Waals surface area (Å²) in [5.74, 6) is 0. The van der Waals surface area contributed by atoms with Crippen LogP contribution in [0.3, 0.4) is 0 Å². The maximum Gasteiger partial charge on any atom is -0.00131 e. The zero-order chi connectivity index (χ0) is 23.8. The average molecular weight is 457 g/mol. The van der Waals surface area contributed by atoms with Crippen molar-refractivity contribution in [2.45, 2.75) is 110 Å². The predicted molar refractivity (Wildman–Crippen MR) is 148 cm³/mol. The summed E-state index contributed by atoms with van der Waals surface area (Å²) in [6, 6.07) is 18.6. The molecule has 0 nitrogen and oxygen atoms in total. The molecule has 2 aromatic carbocycles. The molecule has 0 aliphatic carbocycles. The van der Waals surface area contributed by atoms with E-state index in [1.54, 1.807) is 10.6 Å². The van der Waals surface area contributed by atoms with Gasteiger partial charge in [-0.25, -0.2) is 0 Å². The minimum atomic E-state index is -0.320. The van der Waals surface area contributed by atoms with Crippen LogP contribution in [0.1, 0.15) is 94.2 Å². The van der Waals surface area contributed by atoms with E-state index in [0.29, 0.717) is 0 Å². The van der Waals surface area contributed by atoms with Gasteiger partial charge in [0.2, 0.25) is 0 Å². The van der Waals surface area contributed by atoms with Gasteiger partial charge in [0.05, 0.1) is 0 Å². The standard InChI is InChI=1S/C29H46P2/c1-26(2,3)30(27(4,5)6)24-19-15-13-17-22(24)21-23-18-14-16-20-25(23)31(28(7,8)9)29(10,11)12/h13-20H,21H2,1-12H3. The average Bonchev–Trinajstić information content (AvgIpc) is 2.53. The molecule has 0 amide bonds. The van der Waals surface area contributed by atoms with Crippen LogP contribution in [-0.4, -0.2) is 20.6 Å². The Morgan fingerprint density at radius 1 is 0.452 bits per heavy atom. The maximum absolute atomic E-state index is 2.42. The second-order valence-electron chi connectivity index (χ2n) is 12.8. The van der Waals surface area contributed by atoms with Crippen molar-refractivity contribution in [3.8, 4) is 0 Å². The molecule has 0 N–H and O–H groups in total. The predicted octanol–water partition coefficient (Wildman–Crippen LogP) is 8.69. The molecule has 0 atom stereocenters. The molecule has 0 heterocycles. The first-order chi connectivity index (χ1) is 13.9. The van der Waals surface area contributed by atoms with Gasteiger partial charge >= 0.3 is 0 Å². The first-order valence-electron chi connectivity index (χ1n) is 11.7. The Balaban J connectivity index is 2.63. The second kappa shape index (κ2) is 9.27. The SMILES string of the molecule is CC(C)(C)P(c1ccccc1Cc1ccccc1P(C(C)(C)C)C(C)(C)C)C(C)(C)C. The second-order valence-corrected chi connectivity index (χ2v) is 20.5. The van der Waals surface area contributed by atoms with Crippen molar-refractivity contribution in [3.63, 3.8) is 0 Å². The third-order valence-electron chi connectivity index (χ3n) is 5.53. The van der Waals surface area contributed by atoms with Crippen LogP contribution < -0.4 is 10.6 Å². The van der Waals surface area contributed by atoms with E-state index in [0.717, 1.165) is 6.42 Å². The van der Waals surface area contributed by atoms with E-state index in [1.807, 2.05) is 0 Å². The van der Waals surface area contributed by atoms with Crippen molar-refractivity contribution in [1.82, 2.24) is 0 Å². The van der Waals surface area contributed by atoms with E-state index in [1.165, 1.54) is 11.1 Å². The van der Waals surface area contributed by atoms with Crippen LogP contribution in [-0.2, 0) is 6.42 Å². The summed E-state index contributed by atoms with van der Waals surface area (Å²) >= 11 is 0. The molecule has 2 heteroatoms. The van der Waals surface area contributed by atoms with Crippen LogP contribution in [0, 0.1) is 0 Å². The summed E-state index contributed by atoms with van der Waals surface area (Å²) in [6.07, 6.45) is 1.03. The first kappa shape index (κ1) is 26.6. The molecule has 0 aliphatic heterocycles. The normalized spacial score (nSPS) is 13.9. The van der Waals surface area contributed by atoms with Gasteiger partial charge in [0, 0.05) is 0 Å². The molecule has 0 aromatic heterocycles. The zero-order valence-electron chi connectivity index (χ0n) is 22.2. The Kier molecular flexibility index (Phi) is 7.94. The van der Waals surface area contributed by atoms with Gasteiger partial charge in [-0.2, -0.15) is 0 Å². The van der Waals surface area contributed by atoms with E-state index in [-0.39, 0.29) is 36.5 Å². The zero-order valence-corrected chi connectivity index (χ0v) is 24.0. The van der Waals surface area contributed by atoms with Gasteiger partial charge in [0.25, 0.3) is 0 Å².